The Kier molecular flexibility index (Phi) is 17.9. The maximum Gasteiger partial charge on any atom is 0.133 e. The molecule has 0 bridgehead atoms. The summed E-state index contributed by atoms with van der Waals surface area (Å²) < 4.78 is 5.80. The largest absolute Gasteiger partial charge is 0.369 e. The number of hydrogen-bond donors (Lipinski definition) is 0. The van der Waals surface area contributed by atoms with Gasteiger partial charge in [0.05, 0.1) is 7.11 Å². The van der Waals surface area contributed by atoms with Crippen LogP contribution in [0.3, 0.4) is 0 Å². The van der Waals surface area contributed by atoms with Crippen molar-refractivity contribution in [2.24, 2.45) is 0 Å². The Bertz CT molecular complexity index is 476. The molecule has 0 saturated carbocycles. The first-order valence-corrected chi connectivity index (χ1v) is 11.7. The number of aryl methyl sites for hydroxylation is 1. The summed E-state index contributed by atoms with van der Waals surface area (Å²) in [7, 11) is 1.74. The van der Waals surface area contributed by atoms with Gasteiger partial charge in [0.2, 0.25) is 0 Å². The van der Waals surface area contributed by atoms with Crippen LogP contribution in [0.4, 0.5) is 5.69 Å². The van der Waals surface area contributed by atoms with Crippen LogP contribution in [0.15, 0.2) is 24.3 Å². The third-order valence-corrected chi connectivity index (χ3v) is 5.15. The van der Waals surface area contributed by atoms with E-state index in [9.17, 15) is 0 Å². The minimum Gasteiger partial charge on any atom is -0.369 e. The fraction of sp³-hybridized carbons (Fsp3) is 0.739. The molecule has 1 aromatic carbocycles. The molecule has 0 aromatic heterocycles. The molecule has 6 heteroatoms. The first kappa shape index (κ1) is 28.5. The second-order valence-corrected chi connectivity index (χ2v) is 7.39. The Balaban J connectivity index is 0.00000253. The zero-order valence-corrected chi connectivity index (χ0v) is 19.4. The molecule has 1 unspecified atom stereocenters. The smallest absolute Gasteiger partial charge is 0.133 e. The number of anilines is 1. The summed E-state index contributed by atoms with van der Waals surface area (Å²) in [5, 5.41) is 2.00. The van der Waals surface area contributed by atoms with Crippen LogP contribution in [0, 0.1) is 0 Å². The zero-order chi connectivity index (χ0) is 20.6. The van der Waals surface area contributed by atoms with Gasteiger partial charge >= 0.3 is 0 Å². The zero-order valence-electron chi connectivity index (χ0n) is 17.8. The van der Waals surface area contributed by atoms with Gasteiger partial charge in [-0.05, 0) is 56.2 Å². The molecule has 0 spiro atoms. The van der Waals surface area contributed by atoms with E-state index in [1.165, 1.54) is 17.7 Å². The third-order valence-electron chi connectivity index (χ3n) is 4.82. The predicted molar refractivity (Wildman–Crippen MR) is 128 cm³/mol. The fourth-order valence-corrected chi connectivity index (χ4v) is 3.76. The molecule has 1 aliphatic heterocycles. The molecule has 29 heavy (non-hydrogen) atoms. The van der Waals surface area contributed by atoms with Crippen molar-refractivity contribution in [2.45, 2.75) is 66.0 Å². The maximum absolute atomic E-state index is 5.88. The predicted octanol–water partition coefficient (Wildman–Crippen LogP) is 6.35. The molecule has 1 fully saturated rings. The number of ether oxygens (including phenoxy) is 1. The van der Waals surface area contributed by atoms with E-state index in [1.807, 2.05) is 18.9 Å². The van der Waals surface area contributed by atoms with E-state index in [1.54, 1.807) is 7.11 Å². The van der Waals surface area contributed by atoms with Gasteiger partial charge in [-0.15, -0.1) is 23.2 Å². The molecule has 0 radical (unpaired) electrons. The number of nitrogens with zero attached hydrogens (tertiary/aromatic N) is 2. The highest BCUT2D eigenvalue weighted by Gasteiger charge is 2.21. The highest BCUT2D eigenvalue weighted by molar-refractivity contribution is 6.18. The molecule has 2 rings (SSSR count). The van der Waals surface area contributed by atoms with E-state index in [0.29, 0.717) is 11.8 Å². The summed E-state index contributed by atoms with van der Waals surface area (Å²) in [6.45, 7) is 7.41. The first-order valence-electron chi connectivity index (χ1n) is 10.7. The van der Waals surface area contributed by atoms with Gasteiger partial charge in [-0.2, -0.15) is 5.06 Å². The molecule has 1 heterocycles. The Morgan fingerprint density at radius 1 is 1.00 bits per heavy atom. The third kappa shape index (κ3) is 10.9. The summed E-state index contributed by atoms with van der Waals surface area (Å²) in [6.07, 6.45) is 6.89. The molecule has 1 atom stereocenters. The van der Waals surface area contributed by atoms with Crippen molar-refractivity contribution >= 4 is 28.9 Å². The van der Waals surface area contributed by atoms with E-state index in [-0.39, 0.29) is 13.7 Å². The van der Waals surface area contributed by atoms with Crippen LogP contribution in [0.25, 0.3) is 0 Å². The van der Waals surface area contributed by atoms with Crippen LogP contribution in [0.2, 0.25) is 0 Å². The summed E-state index contributed by atoms with van der Waals surface area (Å²) in [6, 6.07) is 8.77. The van der Waals surface area contributed by atoms with Crippen LogP contribution < -0.4 is 4.90 Å². The molecule has 170 valence electrons. The standard InChI is InChI=1S/C20H32Cl2N2O2.C2H6.CH4/c1-25-24(20-7-3-5-17-26-20)14-4-2-6-18-8-10-19(11-9-18)23(15-12-21)16-13-22;1-2;/h8-11,20H,2-7,12-17H2,1H3;1-2H3;1H4. The lowest BCUT2D eigenvalue weighted by Gasteiger charge is -2.32. The average Bonchev–Trinajstić information content (AvgIpc) is 2.76. The molecule has 0 aliphatic carbocycles. The fourth-order valence-electron chi connectivity index (χ4n) is 3.35. The van der Waals surface area contributed by atoms with Crippen molar-refractivity contribution in [3.8, 4) is 0 Å². The second-order valence-electron chi connectivity index (χ2n) is 6.63. The van der Waals surface area contributed by atoms with Gasteiger partial charge in [-0.3, -0.25) is 4.84 Å². The second kappa shape index (κ2) is 18.3. The SMILES string of the molecule is C.CC.CON(CCCCc1ccc(N(CCCl)CCCl)cc1)C1CCCCO1. The number of halogens is 2. The van der Waals surface area contributed by atoms with E-state index in [4.69, 9.17) is 32.8 Å². The number of alkyl halides is 2. The molecule has 1 saturated heterocycles. The first-order chi connectivity index (χ1) is 13.8. The van der Waals surface area contributed by atoms with Crippen molar-refractivity contribution in [1.82, 2.24) is 5.06 Å². The number of unbranched alkanes of at least 4 members (excludes halogenated alkanes) is 1. The van der Waals surface area contributed by atoms with Crippen molar-refractivity contribution < 1.29 is 9.57 Å². The molecule has 1 aromatic rings. The van der Waals surface area contributed by atoms with Gasteiger partial charge in [0.15, 0.2) is 0 Å². The van der Waals surface area contributed by atoms with Crippen LogP contribution in [0.1, 0.15) is 58.9 Å². The van der Waals surface area contributed by atoms with Crippen LogP contribution in [-0.2, 0) is 16.0 Å². The minimum absolute atomic E-state index is 0. The van der Waals surface area contributed by atoms with Crippen LogP contribution >= 0.6 is 23.2 Å². The van der Waals surface area contributed by atoms with Gasteiger partial charge in [-0.1, -0.05) is 33.4 Å². The lowest BCUT2D eigenvalue weighted by molar-refractivity contribution is -0.247. The minimum atomic E-state index is 0. The molecule has 4 nitrogen and oxygen atoms in total. The molecule has 1 aliphatic rings. The summed E-state index contributed by atoms with van der Waals surface area (Å²) in [5.41, 5.74) is 2.55. The van der Waals surface area contributed by atoms with Gasteiger partial charge in [0.25, 0.3) is 0 Å². The Morgan fingerprint density at radius 2 is 1.66 bits per heavy atom. The average molecular weight is 450 g/mol. The summed E-state index contributed by atoms with van der Waals surface area (Å²) in [5.74, 6) is 1.22. The normalized spacial score (nSPS) is 16.0. The highest BCUT2D eigenvalue weighted by atomic mass is 35.5. The Labute approximate surface area is 189 Å². The van der Waals surface area contributed by atoms with Gasteiger partial charge in [0, 0.05) is 43.7 Å². The summed E-state index contributed by atoms with van der Waals surface area (Å²) in [4.78, 5) is 7.74. The van der Waals surface area contributed by atoms with Crippen molar-refractivity contribution in [2.75, 3.05) is 50.0 Å². The van der Waals surface area contributed by atoms with E-state index < -0.39 is 0 Å². The topological polar surface area (TPSA) is 24.9 Å². The molecule has 0 N–H and O–H groups in total. The van der Waals surface area contributed by atoms with Gasteiger partial charge < -0.3 is 9.64 Å². The maximum atomic E-state index is 5.88. The molecular weight excluding hydrogens is 407 g/mol. The van der Waals surface area contributed by atoms with Crippen molar-refractivity contribution in [3.63, 3.8) is 0 Å². The van der Waals surface area contributed by atoms with Gasteiger partial charge in [0.1, 0.15) is 6.23 Å². The van der Waals surface area contributed by atoms with Crippen molar-refractivity contribution in [3.05, 3.63) is 29.8 Å². The number of rotatable bonds is 12. The lowest BCUT2D eigenvalue weighted by Crippen LogP contribution is -2.39. The number of hydrogen-bond acceptors (Lipinski definition) is 4. The number of benzene rings is 1. The quantitative estimate of drug-likeness (QED) is 0.211. The molecule has 0 amide bonds. The molecular formula is C23H42Cl2N2O2. The number of hydroxylamine groups is 2. The van der Waals surface area contributed by atoms with Crippen LogP contribution in [0.5, 0.6) is 0 Å². The Morgan fingerprint density at radius 3 is 2.17 bits per heavy atom. The van der Waals surface area contributed by atoms with E-state index >= 15 is 0 Å². The van der Waals surface area contributed by atoms with E-state index in [0.717, 1.165) is 58.3 Å². The van der Waals surface area contributed by atoms with Gasteiger partial charge in [-0.25, -0.2) is 0 Å². The summed E-state index contributed by atoms with van der Waals surface area (Å²) >= 11 is 11.8. The van der Waals surface area contributed by atoms with Crippen LogP contribution in [-0.4, -0.2) is 56.4 Å². The van der Waals surface area contributed by atoms with E-state index in [2.05, 4.69) is 29.2 Å². The van der Waals surface area contributed by atoms with Crippen molar-refractivity contribution in [1.29, 1.82) is 0 Å². The highest BCUT2D eigenvalue weighted by Crippen LogP contribution is 2.19. The Hall–Kier alpha value is -0.520. The lowest BCUT2D eigenvalue weighted by atomic mass is 10.1. The monoisotopic (exact) mass is 448 g/mol.